The molecule has 0 unspecified atom stereocenters. The summed E-state index contributed by atoms with van der Waals surface area (Å²) in [6.45, 7) is 11.6. The molecule has 1 aliphatic rings. The van der Waals surface area contributed by atoms with Crippen molar-refractivity contribution in [3.05, 3.63) is 53.6 Å². The monoisotopic (exact) mass is 405 g/mol. The molecule has 1 aromatic heterocycles. The number of hydrogen-bond acceptors (Lipinski definition) is 4. The zero-order valence-corrected chi connectivity index (χ0v) is 18.2. The van der Waals surface area contributed by atoms with Crippen molar-refractivity contribution in [1.82, 2.24) is 15.1 Å². The summed E-state index contributed by atoms with van der Waals surface area (Å²) in [5.74, 6) is 1.17. The fourth-order valence-electron chi connectivity index (χ4n) is 4.40. The molecule has 30 heavy (non-hydrogen) atoms. The number of hydrogen-bond donors (Lipinski definition) is 1. The molecule has 0 atom stereocenters. The van der Waals surface area contributed by atoms with Crippen molar-refractivity contribution in [1.29, 1.82) is 0 Å². The topological polar surface area (TPSA) is 55.5 Å². The van der Waals surface area contributed by atoms with E-state index in [4.69, 9.17) is 0 Å². The van der Waals surface area contributed by atoms with Gasteiger partial charge in [-0.25, -0.2) is 0 Å². The summed E-state index contributed by atoms with van der Waals surface area (Å²) in [6, 6.07) is 14.8. The van der Waals surface area contributed by atoms with Crippen LogP contribution >= 0.6 is 0 Å². The highest BCUT2D eigenvalue weighted by Gasteiger charge is 2.20. The number of piperazine rings is 1. The van der Waals surface area contributed by atoms with E-state index in [0.717, 1.165) is 56.2 Å². The standard InChI is InChI=1S/C24H31N5O/c1-4-29(19(3)30)23-10-9-20(17-18(23)2)11-12-27-13-15-28(16-14-27)24-21-7-5-6-8-22(21)25-26-24/h5-10,17H,4,11-16H2,1-3H3,(H,25,26). The molecule has 1 aliphatic heterocycles. The predicted octanol–water partition coefficient (Wildman–Crippen LogP) is 3.61. The first kappa shape index (κ1) is 20.4. The van der Waals surface area contributed by atoms with E-state index in [1.54, 1.807) is 6.92 Å². The number of carbonyl (C=O) groups excluding carboxylic acids is 1. The number of aryl methyl sites for hydroxylation is 1. The Labute approximate surface area is 178 Å². The molecule has 3 aromatic rings. The van der Waals surface area contributed by atoms with Gasteiger partial charge in [0.05, 0.1) is 5.52 Å². The number of anilines is 2. The van der Waals surface area contributed by atoms with Crippen molar-refractivity contribution in [2.75, 3.05) is 49.1 Å². The number of nitrogens with one attached hydrogen (secondary N) is 1. The second-order valence-electron chi connectivity index (χ2n) is 8.06. The van der Waals surface area contributed by atoms with Crippen molar-refractivity contribution in [3.63, 3.8) is 0 Å². The van der Waals surface area contributed by atoms with E-state index in [0.29, 0.717) is 6.54 Å². The molecule has 6 nitrogen and oxygen atoms in total. The summed E-state index contributed by atoms with van der Waals surface area (Å²) in [6.07, 6.45) is 1.03. The molecule has 0 spiro atoms. The van der Waals surface area contributed by atoms with Gasteiger partial charge in [-0.15, -0.1) is 0 Å². The molecule has 1 fully saturated rings. The van der Waals surface area contributed by atoms with E-state index >= 15 is 0 Å². The van der Waals surface area contributed by atoms with Gasteiger partial charge in [0.2, 0.25) is 5.91 Å². The van der Waals surface area contributed by atoms with E-state index in [1.165, 1.54) is 16.5 Å². The van der Waals surface area contributed by atoms with Crippen LogP contribution in [0.4, 0.5) is 11.5 Å². The van der Waals surface area contributed by atoms with Gasteiger partial charge in [-0.1, -0.05) is 24.3 Å². The number of aromatic nitrogens is 2. The van der Waals surface area contributed by atoms with Gasteiger partial charge in [0.15, 0.2) is 5.82 Å². The summed E-state index contributed by atoms with van der Waals surface area (Å²) in [4.78, 5) is 18.6. The molecule has 4 rings (SSSR count). The lowest BCUT2D eigenvalue weighted by molar-refractivity contribution is -0.116. The summed E-state index contributed by atoms with van der Waals surface area (Å²) in [5.41, 5.74) is 4.62. The average molecular weight is 406 g/mol. The van der Waals surface area contributed by atoms with Gasteiger partial charge >= 0.3 is 0 Å². The zero-order chi connectivity index (χ0) is 21.1. The Balaban J connectivity index is 1.33. The average Bonchev–Trinajstić information content (AvgIpc) is 3.18. The van der Waals surface area contributed by atoms with Gasteiger partial charge < -0.3 is 9.80 Å². The van der Waals surface area contributed by atoms with Crippen LogP contribution in [-0.4, -0.2) is 60.3 Å². The molecule has 0 aliphatic carbocycles. The molecule has 6 heteroatoms. The van der Waals surface area contributed by atoms with Crippen LogP contribution in [0.3, 0.4) is 0 Å². The van der Waals surface area contributed by atoms with Crippen LogP contribution in [0.5, 0.6) is 0 Å². The molecule has 2 aromatic carbocycles. The van der Waals surface area contributed by atoms with Gasteiger partial charge in [-0.3, -0.25) is 14.8 Å². The SMILES string of the molecule is CCN(C(C)=O)c1ccc(CCN2CCN(c3n[nH]c4ccccc34)CC2)cc1C. The Morgan fingerprint density at radius 2 is 1.90 bits per heavy atom. The van der Waals surface area contributed by atoms with Crippen LogP contribution in [0.25, 0.3) is 10.9 Å². The fraction of sp³-hybridized carbons (Fsp3) is 0.417. The van der Waals surface area contributed by atoms with E-state index < -0.39 is 0 Å². The summed E-state index contributed by atoms with van der Waals surface area (Å²) < 4.78 is 0. The lowest BCUT2D eigenvalue weighted by Gasteiger charge is -2.35. The van der Waals surface area contributed by atoms with Crippen molar-refractivity contribution in [3.8, 4) is 0 Å². The third-order valence-electron chi connectivity index (χ3n) is 6.09. The van der Waals surface area contributed by atoms with Gasteiger partial charge in [-0.05, 0) is 49.6 Å². The lowest BCUT2D eigenvalue weighted by atomic mass is 10.1. The minimum Gasteiger partial charge on any atom is -0.352 e. The number of fused-ring (bicyclic) bond motifs is 1. The number of carbonyl (C=O) groups is 1. The highest BCUT2D eigenvalue weighted by atomic mass is 16.2. The summed E-state index contributed by atoms with van der Waals surface area (Å²) >= 11 is 0. The minimum atomic E-state index is 0.0934. The molecular formula is C24H31N5O. The Bertz CT molecular complexity index is 1020. The van der Waals surface area contributed by atoms with E-state index in [2.05, 4.69) is 63.3 Å². The normalized spacial score (nSPS) is 15.0. The first-order valence-corrected chi connectivity index (χ1v) is 10.8. The molecule has 1 N–H and O–H groups in total. The Morgan fingerprint density at radius 3 is 2.60 bits per heavy atom. The van der Waals surface area contributed by atoms with Crippen LogP contribution in [0, 0.1) is 6.92 Å². The molecule has 1 saturated heterocycles. The molecule has 0 saturated carbocycles. The predicted molar refractivity (Wildman–Crippen MR) is 123 cm³/mol. The number of benzene rings is 2. The maximum absolute atomic E-state index is 11.8. The van der Waals surface area contributed by atoms with Gasteiger partial charge in [0, 0.05) is 57.3 Å². The summed E-state index contributed by atoms with van der Waals surface area (Å²) in [7, 11) is 0. The van der Waals surface area contributed by atoms with E-state index in [-0.39, 0.29) is 5.91 Å². The van der Waals surface area contributed by atoms with Crippen molar-refractivity contribution < 1.29 is 4.79 Å². The smallest absolute Gasteiger partial charge is 0.223 e. The van der Waals surface area contributed by atoms with Gasteiger partial charge in [0.25, 0.3) is 0 Å². The molecule has 2 heterocycles. The number of para-hydroxylation sites is 1. The van der Waals surface area contributed by atoms with Crippen molar-refractivity contribution in [2.24, 2.45) is 0 Å². The van der Waals surface area contributed by atoms with Crippen molar-refractivity contribution >= 4 is 28.3 Å². The highest BCUT2D eigenvalue weighted by molar-refractivity contribution is 5.92. The number of aromatic amines is 1. The van der Waals surface area contributed by atoms with Crippen molar-refractivity contribution in [2.45, 2.75) is 27.2 Å². The maximum Gasteiger partial charge on any atom is 0.223 e. The second-order valence-corrected chi connectivity index (χ2v) is 8.06. The molecule has 158 valence electrons. The first-order valence-electron chi connectivity index (χ1n) is 10.8. The molecule has 1 amide bonds. The number of rotatable bonds is 6. The molecule has 0 bridgehead atoms. The molecular weight excluding hydrogens is 374 g/mol. The minimum absolute atomic E-state index is 0.0934. The van der Waals surface area contributed by atoms with Gasteiger partial charge in [-0.2, -0.15) is 5.10 Å². The first-order chi connectivity index (χ1) is 14.6. The third kappa shape index (κ3) is 4.19. The van der Waals surface area contributed by atoms with Crippen LogP contribution in [0.2, 0.25) is 0 Å². The Morgan fingerprint density at radius 1 is 1.13 bits per heavy atom. The fourth-order valence-corrected chi connectivity index (χ4v) is 4.40. The van der Waals surface area contributed by atoms with Gasteiger partial charge in [0.1, 0.15) is 0 Å². The summed E-state index contributed by atoms with van der Waals surface area (Å²) in [5, 5.41) is 8.89. The number of nitrogens with zero attached hydrogens (tertiary/aromatic N) is 4. The Hall–Kier alpha value is -2.86. The van der Waals surface area contributed by atoms with Crippen LogP contribution in [-0.2, 0) is 11.2 Å². The van der Waals surface area contributed by atoms with Crippen LogP contribution in [0.15, 0.2) is 42.5 Å². The van der Waals surface area contributed by atoms with E-state index in [1.807, 2.05) is 17.9 Å². The second kappa shape index (κ2) is 8.88. The van der Waals surface area contributed by atoms with E-state index in [9.17, 15) is 4.79 Å². The highest BCUT2D eigenvalue weighted by Crippen LogP contribution is 2.25. The zero-order valence-electron chi connectivity index (χ0n) is 18.2. The van der Waals surface area contributed by atoms with Crippen LogP contribution < -0.4 is 9.80 Å². The van der Waals surface area contributed by atoms with Crippen LogP contribution in [0.1, 0.15) is 25.0 Å². The largest absolute Gasteiger partial charge is 0.352 e. The lowest BCUT2D eigenvalue weighted by Crippen LogP contribution is -2.47. The quantitative estimate of drug-likeness (QED) is 0.681. The maximum atomic E-state index is 11.8. The Kier molecular flexibility index (Phi) is 6.04. The number of amides is 1. The third-order valence-corrected chi connectivity index (χ3v) is 6.09. The number of H-pyrrole nitrogens is 1. The molecule has 0 radical (unpaired) electrons.